The number of nitrogens with one attached hydrogen (secondary N) is 2. The highest BCUT2D eigenvalue weighted by Crippen LogP contribution is 2.13. The average molecular weight is 384 g/mol. The van der Waals surface area contributed by atoms with Gasteiger partial charge in [-0.3, -0.25) is 4.79 Å². The van der Waals surface area contributed by atoms with E-state index >= 15 is 0 Å². The molecule has 8 nitrogen and oxygen atoms in total. The van der Waals surface area contributed by atoms with Crippen molar-refractivity contribution in [3.8, 4) is 5.88 Å². The Kier molecular flexibility index (Phi) is 6.80. The molecule has 148 valence electrons. The molecule has 3 rings (SSSR count). The molecule has 2 N–H and O–H groups in total. The molecule has 1 aliphatic rings. The number of urea groups is 1. The van der Waals surface area contributed by atoms with Crippen LogP contribution in [-0.2, 0) is 17.8 Å². The van der Waals surface area contributed by atoms with E-state index in [9.17, 15) is 9.59 Å². The van der Waals surface area contributed by atoms with Crippen LogP contribution in [0.2, 0.25) is 0 Å². The van der Waals surface area contributed by atoms with E-state index in [1.165, 1.54) is 0 Å². The number of rotatable bonds is 6. The lowest BCUT2D eigenvalue weighted by molar-refractivity contribution is 0.0303. The maximum atomic E-state index is 12.4. The van der Waals surface area contributed by atoms with Crippen molar-refractivity contribution >= 4 is 11.9 Å². The van der Waals surface area contributed by atoms with Gasteiger partial charge in [-0.1, -0.05) is 18.2 Å². The molecule has 0 aliphatic carbocycles. The number of pyridine rings is 1. The van der Waals surface area contributed by atoms with Crippen molar-refractivity contribution in [3.05, 3.63) is 59.3 Å². The van der Waals surface area contributed by atoms with Crippen LogP contribution < -0.4 is 15.4 Å². The van der Waals surface area contributed by atoms with Crippen LogP contribution in [0.3, 0.4) is 0 Å². The smallest absolute Gasteiger partial charge is 0.315 e. The number of hydrogen-bond acceptors (Lipinski definition) is 5. The third-order valence-electron chi connectivity index (χ3n) is 4.43. The monoisotopic (exact) mass is 384 g/mol. The summed E-state index contributed by atoms with van der Waals surface area (Å²) < 4.78 is 10.4. The molecular weight excluding hydrogens is 360 g/mol. The van der Waals surface area contributed by atoms with Crippen molar-refractivity contribution in [2.75, 3.05) is 33.4 Å². The summed E-state index contributed by atoms with van der Waals surface area (Å²) in [5.41, 5.74) is 2.34. The lowest BCUT2D eigenvalue weighted by atomic mass is 10.1. The zero-order valence-electron chi connectivity index (χ0n) is 15.8. The second-order valence-electron chi connectivity index (χ2n) is 6.31. The van der Waals surface area contributed by atoms with Gasteiger partial charge in [0.15, 0.2) is 0 Å². The van der Waals surface area contributed by atoms with Gasteiger partial charge in [-0.05, 0) is 23.8 Å². The van der Waals surface area contributed by atoms with E-state index in [-0.39, 0.29) is 11.9 Å². The molecule has 1 aromatic carbocycles. The van der Waals surface area contributed by atoms with Crippen LogP contribution in [0.15, 0.2) is 42.6 Å². The molecule has 1 saturated heterocycles. The molecule has 0 saturated carbocycles. The normalized spacial score (nSPS) is 13.7. The molecule has 8 heteroatoms. The zero-order chi connectivity index (χ0) is 19.8. The first kappa shape index (κ1) is 19.6. The van der Waals surface area contributed by atoms with Crippen LogP contribution in [0, 0.1) is 0 Å². The molecule has 0 bridgehead atoms. The van der Waals surface area contributed by atoms with E-state index < -0.39 is 0 Å². The predicted octanol–water partition coefficient (Wildman–Crippen LogP) is 1.56. The number of carbonyl (C=O) groups is 2. The highest BCUT2D eigenvalue weighted by atomic mass is 16.5. The Morgan fingerprint density at radius 1 is 1.11 bits per heavy atom. The maximum absolute atomic E-state index is 12.4. The first-order valence-electron chi connectivity index (χ1n) is 9.13. The average Bonchev–Trinajstić information content (AvgIpc) is 2.77. The third-order valence-corrected chi connectivity index (χ3v) is 4.43. The van der Waals surface area contributed by atoms with Crippen molar-refractivity contribution in [1.82, 2.24) is 20.5 Å². The Morgan fingerprint density at radius 3 is 2.54 bits per heavy atom. The van der Waals surface area contributed by atoms with E-state index in [1.807, 2.05) is 18.2 Å². The molecule has 1 aromatic heterocycles. The van der Waals surface area contributed by atoms with Crippen molar-refractivity contribution in [2.24, 2.45) is 0 Å². The highest BCUT2D eigenvalue weighted by Gasteiger charge is 2.18. The minimum Gasteiger partial charge on any atom is -0.481 e. The van der Waals surface area contributed by atoms with Crippen LogP contribution in [0.1, 0.15) is 21.5 Å². The first-order valence-corrected chi connectivity index (χ1v) is 9.13. The van der Waals surface area contributed by atoms with Gasteiger partial charge in [-0.15, -0.1) is 0 Å². The molecule has 1 fully saturated rings. The van der Waals surface area contributed by atoms with Crippen LogP contribution >= 0.6 is 0 Å². The molecule has 1 aliphatic heterocycles. The predicted molar refractivity (Wildman–Crippen MR) is 103 cm³/mol. The minimum absolute atomic E-state index is 0.00553. The number of benzene rings is 1. The van der Waals surface area contributed by atoms with Crippen LogP contribution in [0.4, 0.5) is 4.79 Å². The summed E-state index contributed by atoms with van der Waals surface area (Å²) in [7, 11) is 1.54. The molecule has 2 aromatic rings. The summed E-state index contributed by atoms with van der Waals surface area (Å²) in [5.74, 6) is 0.495. The maximum Gasteiger partial charge on any atom is 0.315 e. The molecule has 0 unspecified atom stereocenters. The number of ether oxygens (including phenoxy) is 2. The van der Waals surface area contributed by atoms with E-state index in [2.05, 4.69) is 15.6 Å². The summed E-state index contributed by atoms with van der Waals surface area (Å²) in [6.45, 7) is 3.06. The summed E-state index contributed by atoms with van der Waals surface area (Å²) in [4.78, 5) is 30.3. The standard InChI is InChI=1S/C20H24N4O4/c1-27-18-17(3-2-8-21-18)14-23-20(26)22-13-15-4-6-16(7-5-15)19(25)24-9-11-28-12-10-24/h2-8H,9-14H2,1H3,(H2,22,23,26). The number of aromatic nitrogens is 1. The van der Waals surface area contributed by atoms with Gasteiger partial charge in [-0.2, -0.15) is 0 Å². The van der Waals surface area contributed by atoms with Gasteiger partial charge in [0.25, 0.3) is 5.91 Å². The van der Waals surface area contributed by atoms with Crippen molar-refractivity contribution in [1.29, 1.82) is 0 Å². The van der Waals surface area contributed by atoms with E-state index in [0.717, 1.165) is 11.1 Å². The van der Waals surface area contributed by atoms with Gasteiger partial charge in [0.2, 0.25) is 5.88 Å². The molecule has 0 atom stereocenters. The summed E-state index contributed by atoms with van der Waals surface area (Å²) in [5, 5.41) is 5.57. The Labute approximate surface area is 163 Å². The van der Waals surface area contributed by atoms with Gasteiger partial charge in [0, 0.05) is 43.5 Å². The Hall–Kier alpha value is -3.13. The summed E-state index contributed by atoms with van der Waals surface area (Å²) >= 11 is 0. The van der Waals surface area contributed by atoms with Gasteiger partial charge < -0.3 is 25.0 Å². The topological polar surface area (TPSA) is 92.8 Å². The fraction of sp³-hybridized carbons (Fsp3) is 0.350. The summed E-state index contributed by atoms with van der Waals surface area (Å²) in [6.07, 6.45) is 1.63. The fourth-order valence-corrected chi connectivity index (χ4v) is 2.88. The quantitative estimate of drug-likeness (QED) is 0.789. The molecule has 0 spiro atoms. The molecule has 0 radical (unpaired) electrons. The van der Waals surface area contributed by atoms with Crippen LogP contribution in [0.25, 0.3) is 0 Å². The van der Waals surface area contributed by atoms with Gasteiger partial charge >= 0.3 is 6.03 Å². The Balaban J connectivity index is 1.46. The van der Waals surface area contributed by atoms with E-state index in [1.54, 1.807) is 36.4 Å². The molecular formula is C20H24N4O4. The van der Waals surface area contributed by atoms with Crippen molar-refractivity contribution < 1.29 is 19.1 Å². The summed E-state index contributed by atoms with van der Waals surface area (Å²) in [6, 6.07) is 10.6. The van der Waals surface area contributed by atoms with Crippen molar-refractivity contribution in [3.63, 3.8) is 0 Å². The zero-order valence-corrected chi connectivity index (χ0v) is 15.8. The van der Waals surface area contributed by atoms with Crippen LogP contribution in [-0.4, -0.2) is 55.2 Å². The number of hydrogen-bond donors (Lipinski definition) is 2. The Morgan fingerprint density at radius 2 is 1.82 bits per heavy atom. The second kappa shape index (κ2) is 9.70. The highest BCUT2D eigenvalue weighted by molar-refractivity contribution is 5.94. The van der Waals surface area contributed by atoms with E-state index in [0.29, 0.717) is 50.8 Å². The van der Waals surface area contributed by atoms with Gasteiger partial charge in [0.05, 0.1) is 20.3 Å². The third kappa shape index (κ3) is 5.20. The Bertz CT molecular complexity index is 804. The largest absolute Gasteiger partial charge is 0.481 e. The van der Waals surface area contributed by atoms with E-state index in [4.69, 9.17) is 9.47 Å². The molecule has 28 heavy (non-hydrogen) atoms. The number of carbonyl (C=O) groups excluding carboxylic acids is 2. The number of methoxy groups -OCH3 is 1. The number of nitrogens with zero attached hydrogens (tertiary/aromatic N) is 2. The van der Waals surface area contributed by atoms with Gasteiger partial charge in [0.1, 0.15) is 0 Å². The lowest BCUT2D eigenvalue weighted by Gasteiger charge is -2.26. The SMILES string of the molecule is COc1ncccc1CNC(=O)NCc1ccc(C(=O)N2CCOCC2)cc1. The van der Waals surface area contributed by atoms with Crippen molar-refractivity contribution in [2.45, 2.75) is 13.1 Å². The number of amides is 3. The lowest BCUT2D eigenvalue weighted by Crippen LogP contribution is -2.40. The van der Waals surface area contributed by atoms with Crippen LogP contribution in [0.5, 0.6) is 5.88 Å². The van der Waals surface area contributed by atoms with Gasteiger partial charge in [-0.25, -0.2) is 9.78 Å². The second-order valence-corrected chi connectivity index (χ2v) is 6.31. The minimum atomic E-state index is -0.292. The fourth-order valence-electron chi connectivity index (χ4n) is 2.88. The number of morpholine rings is 1. The first-order chi connectivity index (χ1) is 13.7. The molecule has 3 amide bonds. The molecule has 2 heterocycles.